The minimum absolute atomic E-state index is 0.0380. The van der Waals surface area contributed by atoms with Gasteiger partial charge < -0.3 is 20.1 Å². The fourth-order valence-corrected chi connectivity index (χ4v) is 9.98. The third-order valence-corrected chi connectivity index (χ3v) is 12.1. The van der Waals surface area contributed by atoms with Crippen LogP contribution in [0.1, 0.15) is 106 Å². The molecule has 4 aliphatic rings. The van der Waals surface area contributed by atoms with Crippen LogP contribution in [-0.2, 0) is 9.53 Å². The molecule has 1 heterocycles. The topological polar surface area (TPSA) is 87.0 Å². The van der Waals surface area contributed by atoms with E-state index in [0.29, 0.717) is 24.7 Å². The summed E-state index contributed by atoms with van der Waals surface area (Å²) in [7, 11) is 0. The first kappa shape index (κ1) is 27.1. The number of carboxylic acid groups (broad SMARTS) is 1. The quantitative estimate of drug-likeness (QED) is 0.399. The van der Waals surface area contributed by atoms with E-state index in [1.807, 2.05) is 13.8 Å². The monoisotopic (exact) mass is 490 g/mol. The molecule has 0 aromatic carbocycles. The molecule has 0 aromatic heterocycles. The Morgan fingerprint density at radius 2 is 1.71 bits per heavy atom. The molecule has 1 aliphatic heterocycles. The molecular formula is C30H50O5. The number of rotatable bonds is 6. The molecule has 3 N–H and O–H groups in total. The van der Waals surface area contributed by atoms with Crippen molar-refractivity contribution in [2.75, 3.05) is 0 Å². The van der Waals surface area contributed by atoms with Crippen LogP contribution < -0.4 is 0 Å². The molecule has 5 nitrogen and oxygen atoms in total. The summed E-state index contributed by atoms with van der Waals surface area (Å²) >= 11 is 0. The zero-order valence-electron chi connectivity index (χ0n) is 23.2. The normalized spacial score (nSPS) is 50.0. The number of aliphatic hydroxyl groups is 2. The summed E-state index contributed by atoms with van der Waals surface area (Å²) in [5, 5.41) is 32.0. The molecular weight excluding hydrogens is 440 g/mol. The average Bonchev–Trinajstić information content (AvgIpc) is 3.32. The number of aliphatic hydroxyl groups excluding tert-OH is 1. The Labute approximate surface area is 212 Å². The van der Waals surface area contributed by atoms with E-state index in [2.05, 4.69) is 41.2 Å². The summed E-state index contributed by atoms with van der Waals surface area (Å²) in [5.74, 6) is 0.507. The molecule has 4 rings (SSSR count). The fraction of sp³-hybridized carbons (Fsp3) is 0.900. The smallest absolute Gasteiger partial charge is 0.303 e. The van der Waals surface area contributed by atoms with Gasteiger partial charge in [0, 0.05) is 11.8 Å². The molecule has 0 radical (unpaired) electrons. The van der Waals surface area contributed by atoms with Crippen LogP contribution in [0.2, 0.25) is 0 Å². The van der Waals surface area contributed by atoms with Crippen molar-refractivity contribution in [3.63, 3.8) is 0 Å². The number of hydrogen-bond acceptors (Lipinski definition) is 4. The molecule has 0 bridgehead atoms. The van der Waals surface area contributed by atoms with Gasteiger partial charge in [0.05, 0.1) is 23.4 Å². The molecule has 200 valence electrons. The number of carbonyl (C=O) groups is 1. The van der Waals surface area contributed by atoms with Gasteiger partial charge in [-0.25, -0.2) is 0 Å². The molecule has 3 saturated carbocycles. The molecule has 35 heavy (non-hydrogen) atoms. The van der Waals surface area contributed by atoms with E-state index in [1.165, 1.54) is 0 Å². The standard InChI is InChI=1S/C30H50O5/c1-18(2)21-17-23(31)30(8)22(27(21,5)14-13-25(32)33)10-9-19-20(11-15-28(19,30)6)29(7)16-12-24(35-29)26(3,4)34/h19-24,31,34H,1,9-17H2,2-8H3,(H,32,33)/t19?,20-,21?,22?,23-,24-,27-,28+,29-,30-/m0/s1. The Morgan fingerprint density at radius 1 is 1.06 bits per heavy atom. The lowest BCUT2D eigenvalue weighted by molar-refractivity contribution is -0.231. The van der Waals surface area contributed by atoms with Gasteiger partial charge in [-0.05, 0) is 114 Å². The van der Waals surface area contributed by atoms with Gasteiger partial charge in [0.1, 0.15) is 0 Å². The van der Waals surface area contributed by atoms with E-state index in [4.69, 9.17) is 4.74 Å². The molecule has 10 atom stereocenters. The molecule has 3 unspecified atom stereocenters. The zero-order chi connectivity index (χ0) is 26.2. The largest absolute Gasteiger partial charge is 0.481 e. The second kappa shape index (κ2) is 8.56. The van der Waals surface area contributed by atoms with Gasteiger partial charge in [0.25, 0.3) is 0 Å². The van der Waals surface area contributed by atoms with Crippen molar-refractivity contribution in [1.82, 2.24) is 0 Å². The highest BCUT2D eigenvalue weighted by Gasteiger charge is 2.70. The number of allylic oxidation sites excluding steroid dienone is 1. The highest BCUT2D eigenvalue weighted by atomic mass is 16.5. The zero-order valence-corrected chi connectivity index (χ0v) is 23.2. The van der Waals surface area contributed by atoms with Crippen LogP contribution in [0.15, 0.2) is 12.2 Å². The Bertz CT molecular complexity index is 861. The fourth-order valence-electron chi connectivity index (χ4n) is 9.98. The molecule has 5 heteroatoms. The van der Waals surface area contributed by atoms with E-state index in [0.717, 1.165) is 44.1 Å². The van der Waals surface area contributed by atoms with Gasteiger partial charge in [-0.3, -0.25) is 4.79 Å². The number of fused-ring (bicyclic) bond motifs is 3. The van der Waals surface area contributed by atoms with Crippen molar-refractivity contribution in [2.45, 2.75) is 130 Å². The predicted molar refractivity (Wildman–Crippen MR) is 138 cm³/mol. The van der Waals surface area contributed by atoms with Crippen LogP contribution in [0.25, 0.3) is 0 Å². The first-order chi connectivity index (χ1) is 16.0. The molecule has 4 fully saturated rings. The first-order valence-electron chi connectivity index (χ1n) is 14.0. The number of carboxylic acids is 1. The number of aliphatic carboxylic acids is 1. The second-order valence-corrected chi connectivity index (χ2v) is 14.2. The summed E-state index contributed by atoms with van der Waals surface area (Å²) in [4.78, 5) is 11.6. The van der Waals surface area contributed by atoms with Crippen LogP contribution in [0.4, 0.5) is 0 Å². The highest BCUT2D eigenvalue weighted by molar-refractivity contribution is 5.66. The lowest BCUT2D eigenvalue weighted by atomic mass is 9.37. The number of ether oxygens (including phenoxy) is 1. The highest BCUT2D eigenvalue weighted by Crippen LogP contribution is 2.74. The summed E-state index contributed by atoms with van der Waals surface area (Å²) in [5.41, 5.74) is -0.530. The van der Waals surface area contributed by atoms with E-state index in [9.17, 15) is 20.1 Å². The summed E-state index contributed by atoms with van der Waals surface area (Å²) in [6, 6.07) is 0. The third-order valence-electron chi connectivity index (χ3n) is 12.1. The van der Waals surface area contributed by atoms with Gasteiger partial charge in [-0.1, -0.05) is 32.9 Å². The summed E-state index contributed by atoms with van der Waals surface area (Å²) in [6.07, 6.45) is 6.99. The minimum atomic E-state index is -0.841. The summed E-state index contributed by atoms with van der Waals surface area (Å²) in [6.45, 7) is 19.3. The molecule has 0 amide bonds. The number of hydrogen-bond donors (Lipinski definition) is 3. The van der Waals surface area contributed by atoms with Crippen LogP contribution in [0.5, 0.6) is 0 Å². The van der Waals surface area contributed by atoms with E-state index >= 15 is 0 Å². The van der Waals surface area contributed by atoms with Gasteiger partial charge in [-0.2, -0.15) is 0 Å². The molecule has 0 aromatic rings. The maximum atomic E-state index is 11.8. The average molecular weight is 491 g/mol. The third kappa shape index (κ3) is 3.94. The van der Waals surface area contributed by atoms with E-state index in [1.54, 1.807) is 0 Å². The van der Waals surface area contributed by atoms with Crippen molar-refractivity contribution >= 4 is 5.97 Å². The minimum Gasteiger partial charge on any atom is -0.481 e. The van der Waals surface area contributed by atoms with Crippen molar-refractivity contribution in [3.05, 3.63) is 12.2 Å². The van der Waals surface area contributed by atoms with E-state index < -0.39 is 17.7 Å². The maximum Gasteiger partial charge on any atom is 0.303 e. The Hall–Kier alpha value is -0.910. The summed E-state index contributed by atoms with van der Waals surface area (Å²) < 4.78 is 6.65. The van der Waals surface area contributed by atoms with Crippen LogP contribution in [-0.4, -0.2) is 44.7 Å². The van der Waals surface area contributed by atoms with E-state index in [-0.39, 0.29) is 46.2 Å². The molecule has 1 saturated heterocycles. The van der Waals surface area contributed by atoms with Crippen molar-refractivity contribution < 1.29 is 24.9 Å². The van der Waals surface area contributed by atoms with Gasteiger partial charge in [-0.15, -0.1) is 0 Å². The van der Waals surface area contributed by atoms with Gasteiger partial charge >= 0.3 is 5.97 Å². The lowest BCUT2D eigenvalue weighted by Crippen LogP contribution is -2.65. The second-order valence-electron chi connectivity index (χ2n) is 14.2. The molecule has 0 spiro atoms. The van der Waals surface area contributed by atoms with Crippen LogP contribution in [0, 0.1) is 39.9 Å². The van der Waals surface area contributed by atoms with Gasteiger partial charge in [0.15, 0.2) is 0 Å². The Balaban J connectivity index is 1.69. The Morgan fingerprint density at radius 3 is 2.26 bits per heavy atom. The van der Waals surface area contributed by atoms with Crippen LogP contribution in [0.3, 0.4) is 0 Å². The lowest BCUT2D eigenvalue weighted by Gasteiger charge is -2.68. The van der Waals surface area contributed by atoms with Crippen LogP contribution >= 0.6 is 0 Å². The van der Waals surface area contributed by atoms with Gasteiger partial charge in [0.2, 0.25) is 0 Å². The van der Waals surface area contributed by atoms with Crippen molar-refractivity contribution in [1.29, 1.82) is 0 Å². The van der Waals surface area contributed by atoms with Crippen molar-refractivity contribution in [3.8, 4) is 0 Å². The predicted octanol–water partition coefficient (Wildman–Crippen LogP) is 5.97. The molecule has 3 aliphatic carbocycles. The Kier molecular flexibility index (Phi) is 6.64. The maximum absolute atomic E-state index is 11.8. The SMILES string of the molecule is C=C(C)C1C[C@H](O)[C@]2(C)C(CCC3[C@@H]([C@]4(C)CC[C@@H](C(C)(C)O)O4)CC[C@]32C)[C@@]1(C)CCC(=O)O. The van der Waals surface area contributed by atoms with Crippen molar-refractivity contribution in [2.24, 2.45) is 39.9 Å². The first-order valence-corrected chi connectivity index (χ1v) is 14.0.